The Labute approximate surface area is 177 Å². The van der Waals surface area contributed by atoms with Crippen LogP contribution in [0, 0.1) is 0 Å². The minimum Gasteiger partial charge on any atom is -0.256 e. The van der Waals surface area contributed by atoms with Gasteiger partial charge >= 0.3 is 0 Å². The van der Waals surface area contributed by atoms with Gasteiger partial charge in [0.25, 0.3) is 0 Å². The molecule has 0 amide bonds. The Balaban J connectivity index is 1.62. The van der Waals surface area contributed by atoms with Gasteiger partial charge in [-0.15, -0.1) is 0 Å². The first-order valence-corrected chi connectivity index (χ1v) is 10.8. The van der Waals surface area contributed by atoms with Gasteiger partial charge in [-0.1, -0.05) is 78.9 Å². The van der Waals surface area contributed by atoms with Crippen LogP contribution in [0.3, 0.4) is 0 Å². The van der Waals surface area contributed by atoms with Crippen LogP contribution in [0.2, 0.25) is 0 Å². The molecule has 30 heavy (non-hydrogen) atoms. The van der Waals surface area contributed by atoms with Crippen molar-refractivity contribution in [3.63, 3.8) is 0 Å². The van der Waals surface area contributed by atoms with Gasteiger partial charge in [-0.25, -0.2) is 0 Å². The van der Waals surface area contributed by atoms with Crippen molar-refractivity contribution < 1.29 is 0 Å². The van der Waals surface area contributed by atoms with Gasteiger partial charge in [0.1, 0.15) is 0 Å². The molecule has 0 radical (unpaired) electrons. The molecule has 0 N–H and O–H groups in total. The van der Waals surface area contributed by atoms with E-state index in [2.05, 4.69) is 89.9 Å². The minimum absolute atomic E-state index is 0.400. The van der Waals surface area contributed by atoms with Crippen LogP contribution < -0.4 is 0 Å². The molecule has 1 aliphatic rings. The molecule has 0 fully saturated rings. The lowest BCUT2D eigenvalue weighted by Gasteiger charge is -2.29. The van der Waals surface area contributed by atoms with Crippen molar-refractivity contribution in [2.24, 2.45) is 0 Å². The Kier molecular flexibility index (Phi) is 4.12. The predicted octanol–water partition coefficient (Wildman–Crippen LogP) is 7.52. The van der Waals surface area contributed by atoms with E-state index in [1.807, 2.05) is 12.3 Å². The Morgan fingerprint density at radius 1 is 0.667 bits per heavy atom. The second kappa shape index (κ2) is 7.11. The molecule has 1 heteroatoms. The number of aryl methyl sites for hydroxylation is 1. The fraction of sp³-hybridized carbons (Fsp3) is 0.138. The number of hydrogen-bond acceptors (Lipinski definition) is 1. The van der Waals surface area contributed by atoms with Crippen molar-refractivity contribution in [2.45, 2.75) is 25.2 Å². The van der Waals surface area contributed by atoms with E-state index < -0.39 is 0 Å². The molecule has 1 nitrogen and oxygen atoms in total. The quantitative estimate of drug-likeness (QED) is 0.286. The normalized spacial score (nSPS) is 15.9. The number of fused-ring (bicyclic) bond motifs is 5. The standard InChI is InChI=1S/C29H23N/c1-2-10-22-20(8-1)15-18-27-24(22)17-16-21-9-7-13-26(29(21)27)23-11-3-4-12-25(23)28-14-5-6-19-30-28/h1-6,8,10-12,14-19,26H,7,9,13H2. The first kappa shape index (κ1) is 17.4. The fourth-order valence-corrected chi connectivity index (χ4v) is 5.29. The van der Waals surface area contributed by atoms with Gasteiger partial charge in [0.05, 0.1) is 5.69 Å². The van der Waals surface area contributed by atoms with Gasteiger partial charge < -0.3 is 0 Å². The number of benzene rings is 4. The highest BCUT2D eigenvalue weighted by molar-refractivity contribution is 6.09. The lowest BCUT2D eigenvalue weighted by Crippen LogP contribution is -2.13. The smallest absolute Gasteiger partial charge is 0.0704 e. The summed E-state index contributed by atoms with van der Waals surface area (Å²) in [6, 6.07) is 33.1. The van der Waals surface area contributed by atoms with Crippen LogP contribution in [-0.4, -0.2) is 4.98 Å². The summed E-state index contributed by atoms with van der Waals surface area (Å²) >= 11 is 0. The second-order valence-corrected chi connectivity index (χ2v) is 8.27. The van der Waals surface area contributed by atoms with Gasteiger partial charge in [-0.2, -0.15) is 0 Å². The van der Waals surface area contributed by atoms with Gasteiger partial charge in [-0.3, -0.25) is 4.98 Å². The number of hydrogen-bond donors (Lipinski definition) is 0. The van der Waals surface area contributed by atoms with Crippen LogP contribution >= 0.6 is 0 Å². The Morgan fingerprint density at radius 3 is 2.43 bits per heavy atom. The zero-order chi connectivity index (χ0) is 19.9. The van der Waals surface area contributed by atoms with Crippen LogP contribution in [-0.2, 0) is 6.42 Å². The third-order valence-electron chi connectivity index (χ3n) is 6.62. The molecule has 0 bridgehead atoms. The maximum atomic E-state index is 4.66. The third-order valence-corrected chi connectivity index (χ3v) is 6.62. The average Bonchev–Trinajstić information content (AvgIpc) is 2.84. The van der Waals surface area contributed by atoms with E-state index in [1.54, 1.807) is 0 Å². The van der Waals surface area contributed by atoms with Gasteiger partial charge in [0.2, 0.25) is 0 Å². The minimum atomic E-state index is 0.400. The Morgan fingerprint density at radius 2 is 1.50 bits per heavy atom. The summed E-state index contributed by atoms with van der Waals surface area (Å²) in [5.41, 5.74) is 6.75. The average molecular weight is 386 g/mol. The van der Waals surface area contributed by atoms with E-state index in [1.165, 1.54) is 63.1 Å². The fourth-order valence-electron chi connectivity index (χ4n) is 5.29. The molecule has 0 aliphatic heterocycles. The van der Waals surface area contributed by atoms with Gasteiger partial charge in [-0.05, 0) is 69.6 Å². The second-order valence-electron chi connectivity index (χ2n) is 8.27. The molecular weight excluding hydrogens is 362 g/mol. The SMILES string of the molecule is c1ccc(-c2ccccc2C2CCCc3ccc4c(ccc5ccccc54)c32)nc1. The highest BCUT2D eigenvalue weighted by atomic mass is 14.7. The largest absolute Gasteiger partial charge is 0.256 e. The molecule has 144 valence electrons. The lowest BCUT2D eigenvalue weighted by atomic mass is 9.75. The Bertz CT molecular complexity index is 1370. The molecule has 5 aromatic rings. The maximum Gasteiger partial charge on any atom is 0.0704 e. The van der Waals surface area contributed by atoms with E-state index in [0.29, 0.717) is 5.92 Å². The molecule has 0 saturated carbocycles. The van der Waals surface area contributed by atoms with Crippen molar-refractivity contribution in [1.82, 2.24) is 4.98 Å². The summed E-state index contributed by atoms with van der Waals surface area (Å²) in [5, 5.41) is 5.44. The maximum absolute atomic E-state index is 4.66. The topological polar surface area (TPSA) is 12.9 Å². The van der Waals surface area contributed by atoms with Crippen molar-refractivity contribution in [2.75, 3.05) is 0 Å². The number of nitrogens with zero attached hydrogens (tertiary/aromatic N) is 1. The van der Waals surface area contributed by atoms with E-state index in [4.69, 9.17) is 0 Å². The molecule has 0 saturated heterocycles. The summed E-state index contributed by atoms with van der Waals surface area (Å²) in [6.07, 6.45) is 5.47. The van der Waals surface area contributed by atoms with Crippen LogP contribution in [0.15, 0.2) is 97.2 Å². The molecule has 4 aromatic carbocycles. The summed E-state index contributed by atoms with van der Waals surface area (Å²) in [6.45, 7) is 0. The first-order chi connectivity index (χ1) is 14.9. The summed E-state index contributed by atoms with van der Waals surface area (Å²) in [4.78, 5) is 4.66. The number of pyridine rings is 1. The van der Waals surface area contributed by atoms with E-state index in [0.717, 1.165) is 5.69 Å². The summed E-state index contributed by atoms with van der Waals surface area (Å²) in [5.74, 6) is 0.400. The monoisotopic (exact) mass is 385 g/mol. The molecule has 1 unspecified atom stereocenters. The van der Waals surface area contributed by atoms with Gasteiger partial charge in [0.15, 0.2) is 0 Å². The zero-order valence-corrected chi connectivity index (χ0v) is 16.9. The van der Waals surface area contributed by atoms with Crippen molar-refractivity contribution in [3.05, 3.63) is 114 Å². The zero-order valence-electron chi connectivity index (χ0n) is 16.9. The molecule has 6 rings (SSSR count). The lowest BCUT2D eigenvalue weighted by molar-refractivity contribution is 0.621. The van der Waals surface area contributed by atoms with Crippen molar-refractivity contribution in [3.8, 4) is 11.3 Å². The van der Waals surface area contributed by atoms with E-state index in [9.17, 15) is 0 Å². The molecular formula is C29H23N. The van der Waals surface area contributed by atoms with Gasteiger partial charge in [0, 0.05) is 17.7 Å². The van der Waals surface area contributed by atoms with Crippen LogP contribution in [0.1, 0.15) is 35.4 Å². The molecule has 1 heterocycles. The van der Waals surface area contributed by atoms with E-state index in [-0.39, 0.29) is 0 Å². The molecule has 1 atom stereocenters. The summed E-state index contributed by atoms with van der Waals surface area (Å²) in [7, 11) is 0. The van der Waals surface area contributed by atoms with Crippen molar-refractivity contribution in [1.29, 1.82) is 0 Å². The molecule has 0 spiro atoms. The first-order valence-electron chi connectivity index (χ1n) is 10.8. The highest BCUT2D eigenvalue weighted by Gasteiger charge is 2.26. The van der Waals surface area contributed by atoms with Crippen LogP contribution in [0.5, 0.6) is 0 Å². The Hall–Kier alpha value is -3.45. The number of rotatable bonds is 2. The highest BCUT2D eigenvalue weighted by Crippen LogP contribution is 2.44. The van der Waals surface area contributed by atoms with Crippen LogP contribution in [0.4, 0.5) is 0 Å². The number of aromatic nitrogens is 1. The third kappa shape index (κ3) is 2.74. The van der Waals surface area contributed by atoms with Crippen molar-refractivity contribution >= 4 is 21.5 Å². The summed E-state index contributed by atoms with van der Waals surface area (Å²) < 4.78 is 0. The molecule has 1 aromatic heterocycles. The molecule has 1 aliphatic carbocycles. The van der Waals surface area contributed by atoms with Crippen LogP contribution in [0.25, 0.3) is 32.8 Å². The predicted molar refractivity (Wildman–Crippen MR) is 126 cm³/mol. The van der Waals surface area contributed by atoms with E-state index >= 15 is 0 Å².